The maximum Gasteiger partial charge on any atom is 0.256 e. The van der Waals surface area contributed by atoms with Crippen LogP contribution in [0.2, 0.25) is 10.0 Å². The van der Waals surface area contributed by atoms with E-state index in [-0.39, 0.29) is 12.8 Å². The Balaban J connectivity index is 1.99. The van der Waals surface area contributed by atoms with Gasteiger partial charge in [0.15, 0.2) is 0 Å². The van der Waals surface area contributed by atoms with E-state index in [1.807, 2.05) is 44.2 Å². The molecule has 2 N–H and O–H groups in total. The van der Waals surface area contributed by atoms with Crippen molar-refractivity contribution in [3.05, 3.63) is 93.7 Å². The van der Waals surface area contributed by atoms with Gasteiger partial charge in [0.25, 0.3) is 5.91 Å². The Labute approximate surface area is 203 Å². The van der Waals surface area contributed by atoms with Gasteiger partial charge >= 0.3 is 0 Å². The second-order valence-corrected chi connectivity index (χ2v) is 9.58. The molecule has 0 saturated carbocycles. The summed E-state index contributed by atoms with van der Waals surface area (Å²) >= 11 is 12.1. The first-order chi connectivity index (χ1) is 15.5. The van der Waals surface area contributed by atoms with E-state index in [1.54, 1.807) is 18.2 Å². The van der Waals surface area contributed by atoms with Gasteiger partial charge in [-0.2, -0.15) is 0 Å². The lowest BCUT2D eigenvalue weighted by atomic mass is 9.72. The van der Waals surface area contributed by atoms with Gasteiger partial charge in [-0.25, -0.2) is 4.39 Å². The highest BCUT2D eigenvalue weighted by Crippen LogP contribution is 2.39. The molecule has 7 heteroatoms. The van der Waals surface area contributed by atoms with Crippen LogP contribution in [0.5, 0.6) is 5.75 Å². The summed E-state index contributed by atoms with van der Waals surface area (Å²) in [5.74, 6) is -0.567. The number of carbonyl (C=O) groups excluding carboxylic acids is 1. The first-order valence-corrected chi connectivity index (χ1v) is 11.2. The summed E-state index contributed by atoms with van der Waals surface area (Å²) in [7, 11) is 1.50. The molecular formula is C26H26Cl2FNO3. The van der Waals surface area contributed by atoms with Crippen LogP contribution in [0.15, 0.2) is 66.7 Å². The molecule has 0 radical (unpaired) electrons. The molecule has 1 amide bonds. The van der Waals surface area contributed by atoms with Crippen LogP contribution in [0, 0.1) is 5.82 Å². The first kappa shape index (κ1) is 25.0. The van der Waals surface area contributed by atoms with Crippen LogP contribution in [0.4, 0.5) is 10.1 Å². The summed E-state index contributed by atoms with van der Waals surface area (Å²) in [6, 6.07) is 18.1. The Morgan fingerprint density at radius 3 is 2.27 bits per heavy atom. The van der Waals surface area contributed by atoms with Crippen molar-refractivity contribution in [2.24, 2.45) is 0 Å². The number of anilines is 1. The first-order valence-electron chi connectivity index (χ1n) is 10.4. The molecule has 4 nitrogen and oxygen atoms in total. The largest absolute Gasteiger partial charge is 0.496 e. The Kier molecular flexibility index (Phi) is 7.68. The molecule has 0 fully saturated rings. The minimum Gasteiger partial charge on any atom is -0.496 e. The number of methoxy groups -OCH3 is 1. The Morgan fingerprint density at radius 2 is 1.67 bits per heavy atom. The summed E-state index contributed by atoms with van der Waals surface area (Å²) < 4.78 is 19.5. The van der Waals surface area contributed by atoms with Crippen molar-refractivity contribution >= 4 is 34.8 Å². The highest BCUT2D eigenvalue weighted by atomic mass is 35.5. The molecule has 0 heterocycles. The number of nitrogens with one attached hydrogen (secondary N) is 1. The van der Waals surface area contributed by atoms with Gasteiger partial charge < -0.3 is 15.2 Å². The summed E-state index contributed by atoms with van der Waals surface area (Å²) in [4.78, 5) is 13.4. The fourth-order valence-electron chi connectivity index (χ4n) is 4.07. The van der Waals surface area contributed by atoms with Crippen molar-refractivity contribution in [3.63, 3.8) is 0 Å². The van der Waals surface area contributed by atoms with Crippen LogP contribution in [0.3, 0.4) is 0 Å². The molecule has 0 bridgehead atoms. The number of hydrogen-bond acceptors (Lipinski definition) is 3. The van der Waals surface area contributed by atoms with Crippen LogP contribution in [0.25, 0.3) is 0 Å². The molecule has 0 aliphatic heterocycles. The van der Waals surface area contributed by atoms with Crippen molar-refractivity contribution in [3.8, 4) is 5.75 Å². The fourth-order valence-corrected chi connectivity index (χ4v) is 4.59. The number of hydrogen-bond donors (Lipinski definition) is 2. The van der Waals surface area contributed by atoms with Gasteiger partial charge in [0.1, 0.15) is 17.2 Å². The summed E-state index contributed by atoms with van der Waals surface area (Å²) in [6.07, 6.45) is 0.0455. The zero-order valence-corrected chi connectivity index (χ0v) is 20.2. The predicted octanol–water partition coefficient (Wildman–Crippen LogP) is 6.42. The van der Waals surface area contributed by atoms with Gasteiger partial charge in [-0.15, -0.1) is 0 Å². The van der Waals surface area contributed by atoms with Crippen molar-refractivity contribution in [2.45, 2.75) is 37.7 Å². The summed E-state index contributed by atoms with van der Waals surface area (Å²) in [5.41, 5.74) is -0.960. The molecular weight excluding hydrogens is 464 g/mol. The van der Waals surface area contributed by atoms with E-state index in [0.29, 0.717) is 27.0 Å². The minimum absolute atomic E-state index is 0.00512. The van der Waals surface area contributed by atoms with Crippen molar-refractivity contribution in [1.82, 2.24) is 0 Å². The average molecular weight is 490 g/mol. The Bertz CT molecular complexity index is 1120. The molecule has 3 aromatic rings. The molecule has 1 unspecified atom stereocenters. The number of rotatable bonds is 8. The average Bonchev–Trinajstić information content (AvgIpc) is 2.73. The molecule has 0 aromatic heterocycles. The standard InChI is InChI=1S/C26H26Cl2FNO3/c1-25(2,22-14-20(29)9-10-23(22)33-3)16-26(32,15-17-7-5-4-6-8-17)24(31)30-21-12-18(27)11-19(28)13-21/h4-14,32H,15-16H2,1-3H3,(H,30,31). The molecule has 0 aliphatic rings. The van der Waals surface area contributed by atoms with Crippen molar-refractivity contribution in [1.29, 1.82) is 0 Å². The van der Waals surface area contributed by atoms with Crippen LogP contribution in [-0.2, 0) is 16.6 Å². The predicted molar refractivity (Wildman–Crippen MR) is 131 cm³/mol. The number of amides is 1. The van der Waals surface area contributed by atoms with E-state index < -0.39 is 22.7 Å². The zero-order valence-electron chi connectivity index (χ0n) is 18.7. The maximum absolute atomic E-state index is 14.1. The smallest absolute Gasteiger partial charge is 0.256 e. The molecule has 3 rings (SSSR count). The molecule has 33 heavy (non-hydrogen) atoms. The van der Waals surface area contributed by atoms with E-state index in [9.17, 15) is 14.3 Å². The lowest BCUT2D eigenvalue weighted by molar-refractivity contribution is -0.136. The molecule has 0 spiro atoms. The molecule has 3 aromatic carbocycles. The molecule has 0 aliphatic carbocycles. The van der Waals surface area contributed by atoms with Crippen LogP contribution in [0.1, 0.15) is 31.4 Å². The van der Waals surface area contributed by atoms with E-state index in [0.717, 1.165) is 5.56 Å². The Morgan fingerprint density at radius 1 is 1.03 bits per heavy atom. The van der Waals surface area contributed by atoms with Gasteiger partial charge in [0, 0.05) is 27.7 Å². The third-order valence-corrected chi connectivity index (χ3v) is 5.94. The number of carbonyl (C=O) groups is 1. The molecule has 1 atom stereocenters. The normalized spacial score (nSPS) is 13.3. The maximum atomic E-state index is 14.1. The summed E-state index contributed by atoms with van der Waals surface area (Å²) in [5, 5.41) is 15.2. The van der Waals surface area contributed by atoms with E-state index in [1.165, 1.54) is 25.3 Å². The van der Waals surface area contributed by atoms with E-state index in [4.69, 9.17) is 27.9 Å². The highest BCUT2D eigenvalue weighted by molar-refractivity contribution is 6.35. The lowest BCUT2D eigenvalue weighted by Gasteiger charge is -2.36. The molecule has 0 saturated heterocycles. The van der Waals surface area contributed by atoms with Gasteiger partial charge in [0.05, 0.1) is 7.11 Å². The quantitative estimate of drug-likeness (QED) is 0.383. The van der Waals surface area contributed by atoms with Crippen LogP contribution >= 0.6 is 23.2 Å². The monoisotopic (exact) mass is 489 g/mol. The van der Waals surface area contributed by atoms with Crippen LogP contribution in [-0.4, -0.2) is 23.7 Å². The van der Waals surface area contributed by atoms with E-state index >= 15 is 0 Å². The summed E-state index contributed by atoms with van der Waals surface area (Å²) in [6.45, 7) is 3.67. The number of ether oxygens (including phenoxy) is 1. The number of halogens is 3. The fraction of sp³-hybridized carbons (Fsp3) is 0.269. The van der Waals surface area contributed by atoms with Gasteiger partial charge in [0.2, 0.25) is 0 Å². The highest BCUT2D eigenvalue weighted by Gasteiger charge is 2.43. The van der Waals surface area contributed by atoms with Crippen LogP contribution < -0.4 is 10.1 Å². The third kappa shape index (κ3) is 6.26. The second-order valence-electron chi connectivity index (χ2n) is 8.71. The van der Waals surface area contributed by atoms with Crippen molar-refractivity contribution < 1.29 is 19.0 Å². The number of benzene rings is 3. The zero-order chi connectivity index (χ0) is 24.2. The van der Waals surface area contributed by atoms with Gasteiger partial charge in [-0.05, 0) is 53.8 Å². The van der Waals surface area contributed by atoms with Crippen molar-refractivity contribution in [2.75, 3.05) is 12.4 Å². The van der Waals surface area contributed by atoms with Gasteiger partial charge in [-0.3, -0.25) is 4.79 Å². The minimum atomic E-state index is -1.84. The molecule has 174 valence electrons. The Hall–Kier alpha value is -2.60. The van der Waals surface area contributed by atoms with E-state index in [2.05, 4.69) is 5.32 Å². The second kappa shape index (κ2) is 10.1. The lowest BCUT2D eigenvalue weighted by Crippen LogP contribution is -2.49. The third-order valence-electron chi connectivity index (χ3n) is 5.51. The van der Waals surface area contributed by atoms with Gasteiger partial charge in [-0.1, -0.05) is 67.4 Å². The SMILES string of the molecule is COc1ccc(F)cc1C(C)(C)CC(O)(Cc1ccccc1)C(=O)Nc1cc(Cl)cc(Cl)c1. The number of aliphatic hydroxyl groups is 1. The topological polar surface area (TPSA) is 58.6 Å².